The lowest BCUT2D eigenvalue weighted by Gasteiger charge is -2.35. The first-order valence-electron chi connectivity index (χ1n) is 14.7. The van der Waals surface area contributed by atoms with Gasteiger partial charge in [-0.25, -0.2) is 4.79 Å². The van der Waals surface area contributed by atoms with Crippen molar-refractivity contribution >= 4 is 23.9 Å². The number of hydrogen-bond acceptors (Lipinski definition) is 6. The van der Waals surface area contributed by atoms with Gasteiger partial charge in [-0.3, -0.25) is 14.4 Å². The first kappa shape index (κ1) is 32.6. The number of rotatable bonds is 12. The highest BCUT2D eigenvalue weighted by molar-refractivity contribution is 5.93. The maximum atomic E-state index is 14.5. The largest absolute Gasteiger partial charge is 0.466 e. The number of aryl methyl sites for hydroxylation is 2. The lowest BCUT2D eigenvalue weighted by Crippen LogP contribution is -2.54. The Balaban J connectivity index is 2.00. The summed E-state index contributed by atoms with van der Waals surface area (Å²) in [5.74, 6) is -1.00. The molecule has 1 aliphatic rings. The Morgan fingerprint density at radius 3 is 2.26 bits per heavy atom. The molecule has 9 nitrogen and oxygen atoms in total. The molecular weight excluding hydrogens is 534 g/mol. The average Bonchev–Trinajstić information content (AvgIpc) is 3.63. The molecule has 2 aromatic carbocycles. The van der Waals surface area contributed by atoms with Gasteiger partial charge in [0, 0.05) is 19.0 Å². The summed E-state index contributed by atoms with van der Waals surface area (Å²) in [6, 6.07) is 13.0. The number of hydrogen-bond donors (Lipinski definition) is 2. The van der Waals surface area contributed by atoms with Gasteiger partial charge in [0.2, 0.25) is 11.8 Å². The maximum Gasteiger partial charge on any atom is 0.408 e. The van der Waals surface area contributed by atoms with E-state index in [0.29, 0.717) is 5.56 Å². The van der Waals surface area contributed by atoms with Crippen LogP contribution in [0.4, 0.5) is 4.79 Å². The number of carbonyl (C=O) groups excluding carboxylic acids is 4. The molecular formula is C33H45N3O6. The van der Waals surface area contributed by atoms with Crippen LogP contribution in [0.25, 0.3) is 0 Å². The molecule has 0 aliphatic heterocycles. The lowest BCUT2D eigenvalue weighted by molar-refractivity contribution is -0.145. The Bertz CT molecular complexity index is 1260. The zero-order valence-corrected chi connectivity index (χ0v) is 25.9. The van der Waals surface area contributed by atoms with E-state index >= 15 is 0 Å². The standard InChI is InChI=1S/C33H45N3O6/c1-8-41-28(37)16-17-34-30(38)29(25-15-14-21(2)22(3)18-25)36(27-19-23(27)4)31(39)26(20-24-12-10-9-11-13-24)35-32(40)42-33(5,6)7/h9-15,18,23,26-27,29H,8,16-17,19-20H2,1-7H3,(H,34,38)(H,35,40). The quantitative estimate of drug-likeness (QED) is 0.350. The van der Waals surface area contributed by atoms with Crippen molar-refractivity contribution < 1.29 is 28.7 Å². The number of carbonyl (C=O) groups is 4. The molecule has 0 heterocycles. The minimum absolute atomic E-state index is 0.0177. The van der Waals surface area contributed by atoms with E-state index in [0.717, 1.165) is 23.1 Å². The maximum absolute atomic E-state index is 14.5. The molecule has 2 N–H and O–H groups in total. The van der Waals surface area contributed by atoms with Crippen LogP contribution >= 0.6 is 0 Å². The molecule has 0 saturated heterocycles. The molecule has 42 heavy (non-hydrogen) atoms. The number of nitrogens with one attached hydrogen (secondary N) is 2. The van der Waals surface area contributed by atoms with Crippen LogP contribution in [-0.4, -0.2) is 59.6 Å². The molecule has 2 aromatic rings. The van der Waals surface area contributed by atoms with Crippen molar-refractivity contribution in [2.75, 3.05) is 13.2 Å². The number of ether oxygens (including phenoxy) is 2. The van der Waals surface area contributed by atoms with Gasteiger partial charge < -0.3 is 25.0 Å². The first-order chi connectivity index (χ1) is 19.8. The summed E-state index contributed by atoms with van der Waals surface area (Å²) >= 11 is 0. The van der Waals surface area contributed by atoms with Crippen molar-refractivity contribution in [2.24, 2.45) is 5.92 Å². The van der Waals surface area contributed by atoms with Crippen LogP contribution in [0.1, 0.15) is 75.8 Å². The summed E-state index contributed by atoms with van der Waals surface area (Å²) in [6.45, 7) is 13.3. The van der Waals surface area contributed by atoms with E-state index in [1.54, 1.807) is 32.6 Å². The molecule has 0 spiro atoms. The molecule has 9 heteroatoms. The number of benzene rings is 2. The molecule has 1 saturated carbocycles. The van der Waals surface area contributed by atoms with Gasteiger partial charge in [0.15, 0.2) is 0 Å². The zero-order valence-electron chi connectivity index (χ0n) is 25.9. The fraction of sp³-hybridized carbons (Fsp3) is 0.515. The van der Waals surface area contributed by atoms with E-state index in [1.165, 1.54) is 0 Å². The molecule has 4 unspecified atom stereocenters. The summed E-state index contributed by atoms with van der Waals surface area (Å²) in [4.78, 5) is 54.9. The van der Waals surface area contributed by atoms with Crippen molar-refractivity contribution in [2.45, 2.75) is 91.5 Å². The van der Waals surface area contributed by atoms with E-state index < -0.39 is 35.7 Å². The second-order valence-corrected chi connectivity index (χ2v) is 12.0. The monoisotopic (exact) mass is 579 g/mol. The Morgan fingerprint density at radius 2 is 1.69 bits per heavy atom. The molecule has 4 atom stereocenters. The highest BCUT2D eigenvalue weighted by Gasteiger charge is 2.48. The van der Waals surface area contributed by atoms with E-state index in [9.17, 15) is 19.2 Å². The Kier molecular flexibility index (Phi) is 11.1. The number of esters is 1. The summed E-state index contributed by atoms with van der Waals surface area (Å²) in [5.41, 5.74) is 2.81. The second kappa shape index (κ2) is 14.3. The van der Waals surface area contributed by atoms with Crippen molar-refractivity contribution in [3.8, 4) is 0 Å². The first-order valence-corrected chi connectivity index (χ1v) is 14.7. The van der Waals surface area contributed by atoms with Crippen LogP contribution in [0, 0.1) is 19.8 Å². The highest BCUT2D eigenvalue weighted by Crippen LogP contribution is 2.41. The van der Waals surface area contributed by atoms with Crippen molar-refractivity contribution in [1.29, 1.82) is 0 Å². The van der Waals surface area contributed by atoms with Crippen LogP contribution in [0.15, 0.2) is 48.5 Å². The average molecular weight is 580 g/mol. The molecule has 3 amide bonds. The van der Waals surface area contributed by atoms with Crippen molar-refractivity contribution in [1.82, 2.24) is 15.5 Å². The third-order valence-corrected chi connectivity index (χ3v) is 7.26. The van der Waals surface area contributed by atoms with E-state index in [-0.39, 0.29) is 43.9 Å². The second-order valence-electron chi connectivity index (χ2n) is 12.0. The van der Waals surface area contributed by atoms with Gasteiger partial charge in [0.25, 0.3) is 0 Å². The number of alkyl carbamates (subject to hydrolysis) is 1. The van der Waals surface area contributed by atoms with Gasteiger partial charge in [0.05, 0.1) is 13.0 Å². The fourth-order valence-electron chi connectivity index (χ4n) is 4.84. The Labute approximate surface area is 249 Å². The third-order valence-electron chi connectivity index (χ3n) is 7.26. The predicted octanol–water partition coefficient (Wildman–Crippen LogP) is 4.79. The van der Waals surface area contributed by atoms with E-state index in [2.05, 4.69) is 10.6 Å². The normalized spacial score (nSPS) is 17.4. The van der Waals surface area contributed by atoms with Gasteiger partial charge >= 0.3 is 12.1 Å². The van der Waals surface area contributed by atoms with Crippen molar-refractivity contribution in [3.63, 3.8) is 0 Å². The van der Waals surface area contributed by atoms with Gasteiger partial charge in [-0.15, -0.1) is 0 Å². The molecule has 1 aliphatic carbocycles. The zero-order chi connectivity index (χ0) is 31.0. The van der Waals surface area contributed by atoms with E-state index in [1.807, 2.05) is 69.3 Å². The number of nitrogens with zero attached hydrogens (tertiary/aromatic N) is 1. The van der Waals surface area contributed by atoms with Crippen LogP contribution in [-0.2, 0) is 30.3 Å². The highest BCUT2D eigenvalue weighted by atomic mass is 16.6. The molecule has 228 valence electrons. The minimum atomic E-state index is -0.976. The van der Waals surface area contributed by atoms with Gasteiger partial charge in [-0.1, -0.05) is 55.5 Å². The summed E-state index contributed by atoms with van der Waals surface area (Å²) in [6.07, 6.45) is 0.264. The molecule has 0 aromatic heterocycles. The third kappa shape index (κ3) is 9.33. The van der Waals surface area contributed by atoms with E-state index in [4.69, 9.17) is 9.47 Å². The van der Waals surface area contributed by atoms with Gasteiger partial charge in [-0.2, -0.15) is 0 Å². The minimum Gasteiger partial charge on any atom is -0.466 e. The van der Waals surface area contributed by atoms with Gasteiger partial charge in [0.1, 0.15) is 17.7 Å². The van der Waals surface area contributed by atoms with Crippen LogP contribution < -0.4 is 10.6 Å². The predicted molar refractivity (Wildman–Crippen MR) is 161 cm³/mol. The topological polar surface area (TPSA) is 114 Å². The fourth-order valence-corrected chi connectivity index (χ4v) is 4.84. The Hall–Kier alpha value is -3.88. The smallest absolute Gasteiger partial charge is 0.408 e. The summed E-state index contributed by atoms with van der Waals surface area (Å²) < 4.78 is 10.5. The molecule has 3 rings (SSSR count). The van der Waals surface area contributed by atoms with Crippen LogP contribution in [0.5, 0.6) is 0 Å². The molecule has 1 fully saturated rings. The lowest BCUT2D eigenvalue weighted by atomic mass is 9.97. The SMILES string of the molecule is CCOC(=O)CCNC(=O)C(c1ccc(C)c(C)c1)N(C(=O)C(Cc1ccccc1)NC(=O)OC(C)(C)C)C1CC1C. The molecule has 0 radical (unpaired) electrons. The Morgan fingerprint density at radius 1 is 1.02 bits per heavy atom. The van der Waals surface area contributed by atoms with Crippen LogP contribution in [0.2, 0.25) is 0 Å². The molecule has 0 bridgehead atoms. The van der Waals surface area contributed by atoms with Gasteiger partial charge in [-0.05, 0) is 76.1 Å². The van der Waals surface area contributed by atoms with Crippen molar-refractivity contribution in [3.05, 3.63) is 70.8 Å². The number of amides is 3. The van der Waals surface area contributed by atoms with Crippen LogP contribution in [0.3, 0.4) is 0 Å². The summed E-state index contributed by atoms with van der Waals surface area (Å²) in [5, 5.41) is 5.64. The summed E-state index contributed by atoms with van der Waals surface area (Å²) in [7, 11) is 0.